The van der Waals surface area contributed by atoms with Crippen molar-refractivity contribution in [3.05, 3.63) is 64.3 Å². The highest BCUT2D eigenvalue weighted by atomic mass is 16.2. The second kappa shape index (κ2) is 8.27. The molecule has 0 bridgehead atoms. The molecular formula is C18H23N3O2. The van der Waals surface area contributed by atoms with Gasteiger partial charge >= 0.3 is 0 Å². The third-order valence-electron chi connectivity index (χ3n) is 3.88. The van der Waals surface area contributed by atoms with Crippen molar-refractivity contribution in [2.75, 3.05) is 6.54 Å². The van der Waals surface area contributed by atoms with Crippen molar-refractivity contribution in [3.8, 4) is 0 Å². The van der Waals surface area contributed by atoms with Crippen LogP contribution >= 0.6 is 0 Å². The van der Waals surface area contributed by atoms with Gasteiger partial charge in [0.1, 0.15) is 0 Å². The molecule has 1 amide bonds. The standard InChI is InChI=1S/C18H23N3O2/c1-3-15-12-17(22)21(13-20-15)11-10-19-18(23)16(4-2)14-8-6-5-7-9-14/h5-9,12-13,16H,3-4,10-11H2,1-2H3,(H,19,23). The molecule has 122 valence electrons. The lowest BCUT2D eigenvalue weighted by molar-refractivity contribution is -0.122. The number of benzene rings is 1. The highest BCUT2D eigenvalue weighted by Gasteiger charge is 2.17. The average Bonchev–Trinajstić information content (AvgIpc) is 2.58. The van der Waals surface area contributed by atoms with Crippen molar-refractivity contribution >= 4 is 5.91 Å². The highest BCUT2D eigenvalue weighted by molar-refractivity contribution is 5.83. The average molecular weight is 313 g/mol. The summed E-state index contributed by atoms with van der Waals surface area (Å²) < 4.78 is 1.52. The van der Waals surface area contributed by atoms with Crippen LogP contribution in [-0.4, -0.2) is 22.0 Å². The molecule has 0 aliphatic heterocycles. The number of hydrogen-bond acceptors (Lipinski definition) is 3. The number of carbonyl (C=O) groups excluding carboxylic acids is 1. The minimum atomic E-state index is -0.159. The predicted molar refractivity (Wildman–Crippen MR) is 90.4 cm³/mol. The molecule has 2 rings (SSSR count). The maximum Gasteiger partial charge on any atom is 0.253 e. The van der Waals surface area contributed by atoms with E-state index in [0.717, 1.165) is 24.1 Å². The summed E-state index contributed by atoms with van der Waals surface area (Å²) >= 11 is 0. The molecule has 1 aromatic carbocycles. The Balaban J connectivity index is 1.93. The Morgan fingerprint density at radius 3 is 2.61 bits per heavy atom. The number of amides is 1. The lowest BCUT2D eigenvalue weighted by Gasteiger charge is -2.15. The molecule has 0 saturated carbocycles. The zero-order chi connectivity index (χ0) is 16.7. The molecule has 0 aliphatic rings. The van der Waals surface area contributed by atoms with Crippen LogP contribution in [0.2, 0.25) is 0 Å². The first kappa shape index (κ1) is 16.9. The van der Waals surface area contributed by atoms with Crippen molar-refractivity contribution < 1.29 is 4.79 Å². The molecule has 1 N–H and O–H groups in total. The van der Waals surface area contributed by atoms with Crippen molar-refractivity contribution in [2.24, 2.45) is 0 Å². The van der Waals surface area contributed by atoms with Gasteiger partial charge in [-0.25, -0.2) is 4.98 Å². The molecule has 1 aromatic heterocycles. The van der Waals surface area contributed by atoms with Crippen LogP contribution in [0, 0.1) is 0 Å². The number of carbonyl (C=O) groups is 1. The fourth-order valence-electron chi connectivity index (χ4n) is 2.51. The van der Waals surface area contributed by atoms with Gasteiger partial charge in [0, 0.05) is 24.8 Å². The van der Waals surface area contributed by atoms with Crippen LogP contribution in [0.3, 0.4) is 0 Å². The number of nitrogens with one attached hydrogen (secondary N) is 1. The van der Waals surface area contributed by atoms with Gasteiger partial charge in [0.05, 0.1) is 12.2 Å². The van der Waals surface area contributed by atoms with Gasteiger partial charge in [-0.3, -0.25) is 14.2 Å². The normalized spacial score (nSPS) is 11.9. The molecule has 0 spiro atoms. The number of aryl methyl sites for hydroxylation is 1. The van der Waals surface area contributed by atoms with Crippen LogP contribution in [0.25, 0.3) is 0 Å². The predicted octanol–water partition coefficient (Wildman–Crippen LogP) is 2.12. The second-order valence-electron chi connectivity index (χ2n) is 5.43. The molecule has 1 unspecified atom stereocenters. The van der Waals surface area contributed by atoms with Gasteiger partial charge in [0.25, 0.3) is 5.56 Å². The second-order valence-corrected chi connectivity index (χ2v) is 5.43. The van der Waals surface area contributed by atoms with E-state index in [9.17, 15) is 9.59 Å². The maximum atomic E-state index is 12.3. The summed E-state index contributed by atoms with van der Waals surface area (Å²) in [5.41, 5.74) is 1.71. The Bertz CT molecular complexity index is 695. The van der Waals surface area contributed by atoms with Crippen LogP contribution in [-0.2, 0) is 17.8 Å². The van der Waals surface area contributed by atoms with Gasteiger partial charge in [-0.1, -0.05) is 44.2 Å². The van der Waals surface area contributed by atoms with E-state index in [2.05, 4.69) is 10.3 Å². The van der Waals surface area contributed by atoms with Crippen LogP contribution in [0.4, 0.5) is 0 Å². The quantitative estimate of drug-likeness (QED) is 0.851. The maximum absolute atomic E-state index is 12.3. The smallest absolute Gasteiger partial charge is 0.253 e. The molecule has 0 radical (unpaired) electrons. The Labute approximate surface area is 136 Å². The van der Waals surface area contributed by atoms with Gasteiger partial charge in [0.2, 0.25) is 5.91 Å². The zero-order valence-electron chi connectivity index (χ0n) is 13.7. The van der Waals surface area contributed by atoms with Crippen molar-refractivity contribution in [2.45, 2.75) is 39.2 Å². The van der Waals surface area contributed by atoms with E-state index >= 15 is 0 Å². The SMILES string of the molecule is CCc1cc(=O)n(CCNC(=O)C(CC)c2ccccc2)cn1. The first-order valence-corrected chi connectivity index (χ1v) is 8.03. The fourth-order valence-corrected chi connectivity index (χ4v) is 2.51. The topological polar surface area (TPSA) is 64.0 Å². The summed E-state index contributed by atoms with van der Waals surface area (Å²) in [5.74, 6) is -0.168. The van der Waals surface area contributed by atoms with Crippen molar-refractivity contribution in [3.63, 3.8) is 0 Å². The number of rotatable bonds is 7. The minimum absolute atomic E-state index is 0.00936. The van der Waals surface area contributed by atoms with E-state index in [1.165, 1.54) is 4.57 Å². The van der Waals surface area contributed by atoms with E-state index in [0.29, 0.717) is 13.1 Å². The summed E-state index contributed by atoms with van der Waals surface area (Å²) in [5, 5.41) is 2.91. The lowest BCUT2D eigenvalue weighted by atomic mass is 9.96. The monoisotopic (exact) mass is 313 g/mol. The molecule has 23 heavy (non-hydrogen) atoms. The largest absolute Gasteiger partial charge is 0.354 e. The van der Waals surface area contributed by atoms with E-state index in [1.807, 2.05) is 44.2 Å². The van der Waals surface area contributed by atoms with E-state index in [1.54, 1.807) is 12.4 Å². The molecule has 0 aliphatic carbocycles. The first-order valence-electron chi connectivity index (χ1n) is 8.03. The summed E-state index contributed by atoms with van der Waals surface area (Å²) in [7, 11) is 0. The molecule has 2 aromatic rings. The summed E-state index contributed by atoms with van der Waals surface area (Å²) in [6.45, 7) is 4.79. The summed E-state index contributed by atoms with van der Waals surface area (Å²) in [6, 6.07) is 11.3. The molecule has 5 nitrogen and oxygen atoms in total. The number of nitrogens with zero attached hydrogens (tertiary/aromatic N) is 2. The molecule has 1 atom stereocenters. The van der Waals surface area contributed by atoms with E-state index < -0.39 is 0 Å². The van der Waals surface area contributed by atoms with Crippen LogP contribution in [0.1, 0.15) is 37.4 Å². The van der Waals surface area contributed by atoms with Gasteiger partial charge in [-0.15, -0.1) is 0 Å². The molecular weight excluding hydrogens is 290 g/mol. The van der Waals surface area contributed by atoms with Gasteiger partial charge < -0.3 is 5.32 Å². The fraction of sp³-hybridized carbons (Fsp3) is 0.389. The molecule has 0 fully saturated rings. The van der Waals surface area contributed by atoms with Crippen molar-refractivity contribution in [1.29, 1.82) is 0 Å². The van der Waals surface area contributed by atoms with Gasteiger partial charge in [0.15, 0.2) is 0 Å². The Morgan fingerprint density at radius 1 is 1.26 bits per heavy atom. The van der Waals surface area contributed by atoms with Crippen molar-refractivity contribution in [1.82, 2.24) is 14.9 Å². The third-order valence-corrected chi connectivity index (χ3v) is 3.88. The molecule has 5 heteroatoms. The zero-order valence-corrected chi connectivity index (χ0v) is 13.7. The third kappa shape index (κ3) is 4.52. The van der Waals surface area contributed by atoms with Crippen LogP contribution < -0.4 is 10.9 Å². The number of hydrogen-bond donors (Lipinski definition) is 1. The summed E-state index contributed by atoms with van der Waals surface area (Å²) in [6.07, 6.45) is 3.02. The molecule has 0 saturated heterocycles. The van der Waals surface area contributed by atoms with Gasteiger partial charge in [-0.2, -0.15) is 0 Å². The first-order chi connectivity index (χ1) is 11.2. The van der Waals surface area contributed by atoms with E-state index in [4.69, 9.17) is 0 Å². The Hall–Kier alpha value is -2.43. The molecule has 1 heterocycles. The van der Waals surface area contributed by atoms with Gasteiger partial charge in [-0.05, 0) is 18.4 Å². The van der Waals surface area contributed by atoms with E-state index in [-0.39, 0.29) is 17.4 Å². The lowest BCUT2D eigenvalue weighted by Crippen LogP contribution is -2.34. The Kier molecular flexibility index (Phi) is 6.09. The number of aromatic nitrogens is 2. The summed E-state index contributed by atoms with van der Waals surface area (Å²) in [4.78, 5) is 28.4. The van der Waals surface area contributed by atoms with Crippen LogP contribution in [0.15, 0.2) is 47.5 Å². The van der Waals surface area contributed by atoms with Crippen LogP contribution in [0.5, 0.6) is 0 Å². The Morgan fingerprint density at radius 2 is 2.00 bits per heavy atom. The highest BCUT2D eigenvalue weighted by Crippen LogP contribution is 2.18. The minimum Gasteiger partial charge on any atom is -0.354 e.